The van der Waals surface area contributed by atoms with Gasteiger partial charge in [-0.1, -0.05) is 25.4 Å². The lowest BCUT2D eigenvalue weighted by Gasteiger charge is -2.01. The molecule has 13 heavy (non-hydrogen) atoms. The molecule has 0 saturated carbocycles. The monoisotopic (exact) mass is 199 g/mol. The zero-order valence-corrected chi connectivity index (χ0v) is 9.14. The topological polar surface area (TPSA) is 30.0 Å². The Hall–Kier alpha value is -0.890. The SMILES string of the molecule is CC.Cc1cc(Cl)nc(C)c1C=O. The van der Waals surface area contributed by atoms with Crippen molar-refractivity contribution >= 4 is 17.9 Å². The number of pyridine rings is 1. The molecule has 72 valence electrons. The second-order valence-electron chi connectivity index (χ2n) is 2.38. The molecule has 0 amide bonds. The molecule has 1 aromatic rings. The molecule has 0 fully saturated rings. The van der Waals surface area contributed by atoms with Gasteiger partial charge in [0.05, 0.1) is 0 Å². The molecule has 0 N–H and O–H groups in total. The number of halogens is 1. The van der Waals surface area contributed by atoms with Crippen LogP contribution in [0.1, 0.15) is 35.5 Å². The standard InChI is InChI=1S/C8H8ClNO.C2H6/c1-5-3-8(9)10-6(2)7(5)4-11;1-2/h3-4H,1-2H3;1-2H3. The summed E-state index contributed by atoms with van der Waals surface area (Å²) in [5, 5.41) is 0.436. The van der Waals surface area contributed by atoms with Crippen molar-refractivity contribution in [1.29, 1.82) is 0 Å². The number of aromatic nitrogens is 1. The van der Waals surface area contributed by atoms with Crippen LogP contribution in [0.25, 0.3) is 0 Å². The molecular weight excluding hydrogens is 186 g/mol. The van der Waals surface area contributed by atoms with Gasteiger partial charge in [-0.05, 0) is 25.5 Å². The van der Waals surface area contributed by atoms with Gasteiger partial charge in [0.25, 0.3) is 0 Å². The number of aldehydes is 1. The van der Waals surface area contributed by atoms with Crippen molar-refractivity contribution in [2.24, 2.45) is 0 Å². The molecular formula is C10H14ClNO. The molecule has 1 aromatic heterocycles. The largest absolute Gasteiger partial charge is 0.298 e. The maximum absolute atomic E-state index is 10.5. The average molecular weight is 200 g/mol. The average Bonchev–Trinajstić information content (AvgIpc) is 2.07. The first kappa shape index (κ1) is 12.1. The van der Waals surface area contributed by atoms with Crippen LogP contribution in [-0.2, 0) is 0 Å². The Morgan fingerprint density at radius 2 is 1.92 bits per heavy atom. The van der Waals surface area contributed by atoms with Crippen LogP contribution in [0.15, 0.2) is 6.07 Å². The predicted molar refractivity (Wildman–Crippen MR) is 55.5 cm³/mol. The van der Waals surface area contributed by atoms with Crippen LogP contribution in [0.5, 0.6) is 0 Å². The van der Waals surface area contributed by atoms with E-state index >= 15 is 0 Å². The van der Waals surface area contributed by atoms with E-state index in [4.69, 9.17) is 11.6 Å². The third kappa shape index (κ3) is 3.15. The summed E-state index contributed by atoms with van der Waals surface area (Å²) in [5.74, 6) is 0. The number of rotatable bonds is 1. The maximum atomic E-state index is 10.5. The lowest BCUT2D eigenvalue weighted by molar-refractivity contribution is 0.112. The van der Waals surface area contributed by atoms with E-state index in [0.29, 0.717) is 16.4 Å². The Balaban J connectivity index is 0.000000671. The number of hydrogen-bond acceptors (Lipinski definition) is 2. The fourth-order valence-electron chi connectivity index (χ4n) is 0.973. The molecule has 0 aromatic carbocycles. The molecule has 3 heteroatoms. The van der Waals surface area contributed by atoms with Gasteiger partial charge in [0.15, 0.2) is 6.29 Å². The molecule has 0 aliphatic carbocycles. The molecule has 1 heterocycles. The van der Waals surface area contributed by atoms with Gasteiger partial charge in [-0.25, -0.2) is 4.98 Å². The van der Waals surface area contributed by atoms with Gasteiger partial charge in [-0.15, -0.1) is 0 Å². The minimum atomic E-state index is 0.436. The van der Waals surface area contributed by atoms with Gasteiger partial charge < -0.3 is 0 Å². The second-order valence-corrected chi connectivity index (χ2v) is 2.77. The summed E-state index contributed by atoms with van der Waals surface area (Å²) in [7, 11) is 0. The highest BCUT2D eigenvalue weighted by Crippen LogP contribution is 2.13. The Morgan fingerprint density at radius 1 is 1.38 bits per heavy atom. The van der Waals surface area contributed by atoms with Crippen molar-refractivity contribution in [2.75, 3.05) is 0 Å². The molecule has 2 nitrogen and oxygen atoms in total. The van der Waals surface area contributed by atoms with Gasteiger partial charge in [0.1, 0.15) is 5.15 Å². The zero-order valence-electron chi connectivity index (χ0n) is 8.39. The van der Waals surface area contributed by atoms with E-state index < -0.39 is 0 Å². The lowest BCUT2D eigenvalue weighted by Crippen LogP contribution is -1.94. The number of hydrogen-bond donors (Lipinski definition) is 0. The summed E-state index contributed by atoms with van der Waals surface area (Å²) in [6.07, 6.45) is 0.800. The highest BCUT2D eigenvalue weighted by atomic mass is 35.5. The minimum Gasteiger partial charge on any atom is -0.298 e. The second kappa shape index (κ2) is 5.70. The van der Waals surface area contributed by atoms with E-state index in [2.05, 4.69) is 4.98 Å². The molecule has 0 spiro atoms. The Morgan fingerprint density at radius 3 is 2.31 bits per heavy atom. The third-order valence-corrected chi connectivity index (χ3v) is 1.74. The van der Waals surface area contributed by atoms with Crippen LogP contribution in [-0.4, -0.2) is 11.3 Å². The fourth-order valence-corrected chi connectivity index (χ4v) is 1.26. The zero-order chi connectivity index (χ0) is 10.4. The van der Waals surface area contributed by atoms with Crippen LogP contribution in [0.3, 0.4) is 0 Å². The normalized spacial score (nSPS) is 8.69. The number of carbonyl (C=O) groups excluding carboxylic acids is 1. The maximum Gasteiger partial charge on any atom is 0.152 e. The number of nitrogens with zero attached hydrogens (tertiary/aromatic N) is 1. The summed E-state index contributed by atoms with van der Waals surface area (Å²) >= 11 is 5.65. The lowest BCUT2D eigenvalue weighted by atomic mass is 10.1. The van der Waals surface area contributed by atoms with Crippen molar-refractivity contribution < 1.29 is 4.79 Å². The quantitative estimate of drug-likeness (QED) is 0.514. The first-order valence-corrected chi connectivity index (χ1v) is 4.62. The van der Waals surface area contributed by atoms with E-state index in [1.165, 1.54) is 0 Å². The van der Waals surface area contributed by atoms with E-state index in [0.717, 1.165) is 11.8 Å². The molecule has 0 unspecified atom stereocenters. The number of carbonyl (C=O) groups is 1. The van der Waals surface area contributed by atoms with Crippen molar-refractivity contribution in [3.63, 3.8) is 0 Å². The van der Waals surface area contributed by atoms with Gasteiger partial charge in [0.2, 0.25) is 0 Å². The van der Waals surface area contributed by atoms with E-state index in [-0.39, 0.29) is 0 Å². The van der Waals surface area contributed by atoms with E-state index in [1.807, 2.05) is 20.8 Å². The van der Waals surface area contributed by atoms with Crippen LogP contribution in [0.4, 0.5) is 0 Å². The summed E-state index contributed by atoms with van der Waals surface area (Å²) in [5.41, 5.74) is 2.19. The summed E-state index contributed by atoms with van der Waals surface area (Å²) in [6, 6.07) is 1.68. The minimum absolute atomic E-state index is 0.436. The van der Waals surface area contributed by atoms with Gasteiger partial charge in [-0.2, -0.15) is 0 Å². The van der Waals surface area contributed by atoms with Gasteiger partial charge >= 0.3 is 0 Å². The smallest absolute Gasteiger partial charge is 0.152 e. The highest BCUT2D eigenvalue weighted by Gasteiger charge is 2.03. The molecule has 0 bridgehead atoms. The van der Waals surface area contributed by atoms with Gasteiger partial charge in [0, 0.05) is 11.3 Å². The van der Waals surface area contributed by atoms with Crippen LogP contribution in [0.2, 0.25) is 5.15 Å². The van der Waals surface area contributed by atoms with Crippen LogP contribution in [0, 0.1) is 13.8 Å². The third-order valence-electron chi connectivity index (χ3n) is 1.54. The van der Waals surface area contributed by atoms with Crippen molar-refractivity contribution in [1.82, 2.24) is 4.98 Å². The molecule has 1 rings (SSSR count). The number of aryl methyl sites for hydroxylation is 2. The van der Waals surface area contributed by atoms with E-state index in [1.54, 1.807) is 13.0 Å². The summed E-state index contributed by atoms with van der Waals surface area (Å²) < 4.78 is 0. The predicted octanol–water partition coefficient (Wildman–Crippen LogP) is 3.19. The molecule has 0 aliphatic rings. The fraction of sp³-hybridized carbons (Fsp3) is 0.400. The summed E-state index contributed by atoms with van der Waals surface area (Å²) in [6.45, 7) is 7.60. The first-order chi connectivity index (χ1) is 6.15. The Labute approximate surface area is 83.9 Å². The molecule has 0 saturated heterocycles. The van der Waals surface area contributed by atoms with Gasteiger partial charge in [-0.3, -0.25) is 4.79 Å². The van der Waals surface area contributed by atoms with E-state index in [9.17, 15) is 4.79 Å². The molecule has 0 atom stereocenters. The molecule has 0 radical (unpaired) electrons. The van der Waals surface area contributed by atoms with Crippen LogP contribution >= 0.6 is 11.6 Å². The van der Waals surface area contributed by atoms with Crippen molar-refractivity contribution in [2.45, 2.75) is 27.7 Å². The summed E-state index contributed by atoms with van der Waals surface area (Å²) in [4.78, 5) is 14.4. The first-order valence-electron chi connectivity index (χ1n) is 4.24. The van der Waals surface area contributed by atoms with Crippen LogP contribution < -0.4 is 0 Å². The highest BCUT2D eigenvalue weighted by molar-refractivity contribution is 6.29. The van der Waals surface area contributed by atoms with Crippen molar-refractivity contribution in [3.05, 3.63) is 28.0 Å². The Bertz CT molecular complexity index is 274. The molecule has 0 aliphatic heterocycles. The Kier molecular flexibility index (Phi) is 5.31. The van der Waals surface area contributed by atoms with Crippen molar-refractivity contribution in [3.8, 4) is 0 Å².